The molecule has 0 saturated heterocycles. The van der Waals surface area contributed by atoms with E-state index in [-0.39, 0.29) is 5.91 Å². The lowest BCUT2D eigenvalue weighted by Crippen LogP contribution is -2.15. The third-order valence-electron chi connectivity index (χ3n) is 5.36. The van der Waals surface area contributed by atoms with Crippen molar-refractivity contribution in [2.75, 3.05) is 18.5 Å². The minimum Gasteiger partial charge on any atom is -0.486 e. The first-order chi connectivity index (χ1) is 15.2. The molecule has 7 heteroatoms. The van der Waals surface area contributed by atoms with Crippen molar-refractivity contribution >= 4 is 28.1 Å². The summed E-state index contributed by atoms with van der Waals surface area (Å²) in [6, 6.07) is 17.1. The quantitative estimate of drug-likeness (QED) is 0.459. The Balaban J connectivity index is 1.28. The summed E-state index contributed by atoms with van der Waals surface area (Å²) in [5, 5.41) is 4.03. The summed E-state index contributed by atoms with van der Waals surface area (Å²) in [4.78, 5) is 20.5. The zero-order valence-electron chi connectivity index (χ0n) is 16.5. The summed E-state index contributed by atoms with van der Waals surface area (Å²) in [5.74, 6) is 1.32. The molecule has 4 heterocycles. The van der Waals surface area contributed by atoms with Crippen molar-refractivity contribution in [1.29, 1.82) is 0 Å². The lowest BCUT2D eigenvalue weighted by molar-refractivity contribution is 0.102. The largest absolute Gasteiger partial charge is 0.486 e. The van der Waals surface area contributed by atoms with E-state index in [1.54, 1.807) is 0 Å². The second-order valence-corrected chi connectivity index (χ2v) is 7.40. The van der Waals surface area contributed by atoms with Gasteiger partial charge in [0.1, 0.15) is 18.9 Å². The molecule has 0 atom stereocenters. The number of carbonyl (C=O) groups is 1. The second kappa shape index (κ2) is 6.91. The highest BCUT2D eigenvalue weighted by Gasteiger charge is 2.14. The van der Waals surface area contributed by atoms with Crippen LogP contribution in [0.5, 0.6) is 11.5 Å². The van der Waals surface area contributed by atoms with Crippen molar-refractivity contribution in [3.63, 3.8) is 0 Å². The van der Waals surface area contributed by atoms with Crippen LogP contribution in [0.15, 0.2) is 73.2 Å². The van der Waals surface area contributed by atoms with E-state index in [9.17, 15) is 4.79 Å². The van der Waals surface area contributed by atoms with Gasteiger partial charge in [0.2, 0.25) is 0 Å². The predicted octanol–water partition coefficient (Wildman–Crippen LogP) is 4.51. The van der Waals surface area contributed by atoms with E-state index in [1.165, 1.54) is 0 Å². The van der Waals surface area contributed by atoms with Gasteiger partial charge in [0.25, 0.3) is 5.91 Å². The molecule has 5 aromatic rings. The molecule has 2 N–H and O–H groups in total. The highest BCUT2D eigenvalue weighted by molar-refractivity contribution is 6.06. The molecule has 0 aliphatic carbocycles. The number of pyridine rings is 1. The van der Waals surface area contributed by atoms with Gasteiger partial charge in [0.15, 0.2) is 11.5 Å². The number of H-pyrrole nitrogens is 1. The standard InChI is InChI=1S/C24H18N4O3/c29-24(17-2-1-15-7-8-25-19(15)11-17)26-18-4-6-23-27-20(14-28(23)13-18)16-3-5-21-22(12-16)31-10-9-30-21/h1-8,11-14,25H,9-10H2,(H,26,29). The van der Waals surface area contributed by atoms with E-state index in [2.05, 4.69) is 15.3 Å². The van der Waals surface area contributed by atoms with Crippen LogP contribution in [0, 0.1) is 0 Å². The molecular formula is C24H18N4O3. The lowest BCUT2D eigenvalue weighted by Gasteiger charge is -2.18. The number of aromatic nitrogens is 3. The van der Waals surface area contributed by atoms with Gasteiger partial charge < -0.3 is 24.2 Å². The van der Waals surface area contributed by atoms with Gasteiger partial charge in [-0.25, -0.2) is 4.98 Å². The van der Waals surface area contributed by atoms with Crippen LogP contribution in [-0.2, 0) is 0 Å². The van der Waals surface area contributed by atoms with Crippen LogP contribution in [0.2, 0.25) is 0 Å². The highest BCUT2D eigenvalue weighted by atomic mass is 16.6. The van der Waals surface area contributed by atoms with Gasteiger partial charge in [-0.15, -0.1) is 0 Å². The predicted molar refractivity (Wildman–Crippen MR) is 118 cm³/mol. The summed E-state index contributed by atoms with van der Waals surface area (Å²) >= 11 is 0. The van der Waals surface area contributed by atoms with Crippen molar-refractivity contribution in [3.05, 3.63) is 78.8 Å². The van der Waals surface area contributed by atoms with Crippen molar-refractivity contribution in [1.82, 2.24) is 14.4 Å². The first-order valence-corrected chi connectivity index (χ1v) is 10.0. The molecule has 152 valence electrons. The van der Waals surface area contributed by atoms with Gasteiger partial charge >= 0.3 is 0 Å². The minimum atomic E-state index is -0.164. The van der Waals surface area contributed by atoms with Crippen LogP contribution in [-0.4, -0.2) is 33.5 Å². The number of benzene rings is 2. The molecule has 0 saturated carbocycles. The second-order valence-electron chi connectivity index (χ2n) is 7.40. The van der Waals surface area contributed by atoms with Crippen LogP contribution in [0.3, 0.4) is 0 Å². The van der Waals surface area contributed by atoms with Gasteiger partial charge in [-0.2, -0.15) is 0 Å². The number of rotatable bonds is 3. The fourth-order valence-electron chi connectivity index (χ4n) is 3.80. The Hall–Kier alpha value is -4.26. The molecule has 6 rings (SSSR count). The number of hydrogen-bond acceptors (Lipinski definition) is 4. The van der Waals surface area contributed by atoms with Crippen molar-refractivity contribution in [3.8, 4) is 22.8 Å². The Labute approximate surface area is 177 Å². The monoisotopic (exact) mass is 410 g/mol. The zero-order chi connectivity index (χ0) is 20.8. The fourth-order valence-corrected chi connectivity index (χ4v) is 3.80. The maximum Gasteiger partial charge on any atom is 0.255 e. The molecule has 0 unspecified atom stereocenters. The number of anilines is 1. The number of nitrogens with one attached hydrogen (secondary N) is 2. The summed E-state index contributed by atoms with van der Waals surface area (Å²) in [7, 11) is 0. The summed E-state index contributed by atoms with van der Waals surface area (Å²) in [6.45, 7) is 1.11. The summed E-state index contributed by atoms with van der Waals surface area (Å²) in [5.41, 5.74) is 4.76. The molecule has 3 aromatic heterocycles. The number of ether oxygens (including phenoxy) is 2. The third-order valence-corrected chi connectivity index (χ3v) is 5.36. The number of amides is 1. The molecular weight excluding hydrogens is 392 g/mol. The van der Waals surface area contributed by atoms with Crippen molar-refractivity contribution < 1.29 is 14.3 Å². The smallest absolute Gasteiger partial charge is 0.255 e. The van der Waals surface area contributed by atoms with Gasteiger partial charge in [-0.3, -0.25) is 4.79 Å². The summed E-state index contributed by atoms with van der Waals surface area (Å²) in [6.07, 6.45) is 5.65. The maximum absolute atomic E-state index is 12.7. The van der Waals surface area contributed by atoms with E-state index >= 15 is 0 Å². The highest BCUT2D eigenvalue weighted by Crippen LogP contribution is 2.34. The average Bonchev–Trinajstić information content (AvgIpc) is 3.44. The molecule has 31 heavy (non-hydrogen) atoms. The van der Waals surface area contributed by atoms with Gasteiger partial charge in [0.05, 0.1) is 11.4 Å². The molecule has 1 aliphatic heterocycles. The molecule has 2 aromatic carbocycles. The number of carbonyl (C=O) groups excluding carboxylic acids is 1. The van der Waals surface area contributed by atoms with Crippen molar-refractivity contribution in [2.45, 2.75) is 0 Å². The number of imidazole rings is 1. The van der Waals surface area contributed by atoms with Crippen molar-refractivity contribution in [2.24, 2.45) is 0 Å². The third kappa shape index (κ3) is 3.16. The fraction of sp³-hybridized carbons (Fsp3) is 0.0833. The number of hydrogen-bond donors (Lipinski definition) is 2. The number of fused-ring (bicyclic) bond motifs is 3. The van der Waals surface area contributed by atoms with Crippen LogP contribution < -0.4 is 14.8 Å². The molecule has 7 nitrogen and oxygen atoms in total. The molecule has 1 aliphatic rings. The molecule has 0 fully saturated rings. The first-order valence-electron chi connectivity index (χ1n) is 10.0. The normalized spacial score (nSPS) is 12.9. The molecule has 0 spiro atoms. The van der Waals surface area contributed by atoms with Crippen LogP contribution >= 0.6 is 0 Å². The van der Waals surface area contributed by atoms with Gasteiger partial charge in [-0.05, 0) is 53.9 Å². The van der Waals surface area contributed by atoms with E-state index < -0.39 is 0 Å². The van der Waals surface area contributed by atoms with Crippen LogP contribution in [0.25, 0.3) is 27.8 Å². The van der Waals surface area contributed by atoms with E-state index in [0.29, 0.717) is 24.5 Å². The van der Waals surface area contributed by atoms with E-state index in [4.69, 9.17) is 9.47 Å². The first kappa shape index (κ1) is 17.6. The zero-order valence-corrected chi connectivity index (χ0v) is 16.5. The van der Waals surface area contributed by atoms with Gasteiger partial charge in [0, 0.05) is 35.2 Å². The van der Waals surface area contributed by atoms with E-state index in [0.717, 1.165) is 39.3 Å². The maximum atomic E-state index is 12.7. The molecule has 1 amide bonds. The Morgan fingerprint density at radius 1 is 0.968 bits per heavy atom. The number of aromatic amines is 1. The minimum absolute atomic E-state index is 0.164. The SMILES string of the molecule is O=C(Nc1ccc2nc(-c3ccc4c(c3)OCCO4)cn2c1)c1ccc2cc[nH]c2c1. The topological polar surface area (TPSA) is 80.7 Å². The average molecular weight is 410 g/mol. The van der Waals surface area contributed by atoms with E-state index in [1.807, 2.05) is 77.6 Å². The summed E-state index contributed by atoms with van der Waals surface area (Å²) < 4.78 is 13.2. The molecule has 0 bridgehead atoms. The number of nitrogens with zero attached hydrogens (tertiary/aromatic N) is 2. The Morgan fingerprint density at radius 3 is 2.81 bits per heavy atom. The Kier molecular flexibility index (Phi) is 3.92. The van der Waals surface area contributed by atoms with Crippen LogP contribution in [0.4, 0.5) is 5.69 Å². The Bertz CT molecular complexity index is 1450. The van der Waals surface area contributed by atoms with Gasteiger partial charge in [-0.1, -0.05) is 6.07 Å². The Morgan fingerprint density at radius 2 is 1.87 bits per heavy atom. The van der Waals surface area contributed by atoms with Crippen LogP contribution in [0.1, 0.15) is 10.4 Å². The molecule has 0 radical (unpaired) electrons. The lowest BCUT2D eigenvalue weighted by atomic mass is 10.1.